The average molecular weight is 430 g/mol. The van der Waals surface area contributed by atoms with E-state index in [9.17, 15) is 9.59 Å². The molecule has 3 aromatic rings. The minimum Gasteiger partial charge on any atom is -0.454 e. The molecule has 1 atom stereocenters. The summed E-state index contributed by atoms with van der Waals surface area (Å²) in [6.45, 7) is 4.58. The van der Waals surface area contributed by atoms with Crippen LogP contribution in [0.3, 0.4) is 0 Å². The second-order valence-electron chi connectivity index (χ2n) is 8.12. The van der Waals surface area contributed by atoms with Gasteiger partial charge >= 0.3 is 0 Å². The summed E-state index contributed by atoms with van der Waals surface area (Å²) in [6, 6.07) is 16.4. The molecule has 0 unspecified atom stereocenters. The summed E-state index contributed by atoms with van der Waals surface area (Å²) in [7, 11) is 0. The lowest BCUT2D eigenvalue weighted by molar-refractivity contribution is -0.698. The van der Waals surface area contributed by atoms with Crippen molar-refractivity contribution >= 4 is 17.5 Å². The van der Waals surface area contributed by atoms with Crippen LogP contribution in [0.1, 0.15) is 28.4 Å². The fraction of sp³-hybridized carbons (Fsp3) is 0.240. The molecule has 1 aromatic heterocycles. The number of benzene rings is 2. The van der Waals surface area contributed by atoms with Crippen LogP contribution in [0.15, 0.2) is 60.8 Å². The zero-order chi connectivity index (χ0) is 22.2. The van der Waals surface area contributed by atoms with E-state index in [0.717, 1.165) is 28.1 Å². The molecule has 0 saturated carbocycles. The van der Waals surface area contributed by atoms with Crippen molar-refractivity contribution in [1.82, 2.24) is 4.90 Å². The molecule has 2 aliphatic rings. The monoisotopic (exact) mass is 430 g/mol. The van der Waals surface area contributed by atoms with Gasteiger partial charge in [0.25, 0.3) is 11.8 Å². The molecule has 0 spiro atoms. The van der Waals surface area contributed by atoms with Gasteiger partial charge in [0.15, 0.2) is 23.7 Å². The van der Waals surface area contributed by atoms with Crippen molar-refractivity contribution in [3.05, 3.63) is 83.2 Å². The Bertz CT molecular complexity index is 1200. The van der Waals surface area contributed by atoms with Gasteiger partial charge in [-0.15, -0.1) is 0 Å². The molecule has 0 fully saturated rings. The number of para-hydroxylation sites is 1. The van der Waals surface area contributed by atoms with Crippen LogP contribution in [0.2, 0.25) is 0 Å². The lowest BCUT2D eigenvalue weighted by atomic mass is 10.0. The van der Waals surface area contributed by atoms with E-state index in [1.54, 1.807) is 4.90 Å². The Hall–Kier alpha value is -3.87. The first-order valence-electron chi connectivity index (χ1n) is 10.5. The fourth-order valence-electron chi connectivity index (χ4n) is 4.32. The molecule has 7 heteroatoms. The van der Waals surface area contributed by atoms with E-state index in [-0.39, 0.29) is 31.7 Å². The van der Waals surface area contributed by atoms with E-state index in [2.05, 4.69) is 5.32 Å². The molecule has 2 amide bonds. The molecule has 5 rings (SSSR count). The number of nitrogens with zero attached hydrogens (tertiary/aromatic N) is 2. The van der Waals surface area contributed by atoms with Crippen LogP contribution in [-0.2, 0) is 22.7 Å². The van der Waals surface area contributed by atoms with Crippen molar-refractivity contribution < 1.29 is 23.6 Å². The molecule has 2 aromatic carbocycles. The summed E-state index contributed by atoms with van der Waals surface area (Å²) < 4.78 is 12.7. The number of aromatic nitrogens is 1. The highest BCUT2D eigenvalue weighted by atomic mass is 16.7. The average Bonchev–Trinajstić information content (AvgIpc) is 3.24. The Balaban J connectivity index is 1.51. The van der Waals surface area contributed by atoms with Crippen molar-refractivity contribution in [2.24, 2.45) is 0 Å². The van der Waals surface area contributed by atoms with Crippen molar-refractivity contribution in [2.45, 2.75) is 33.0 Å². The number of nitrogens with one attached hydrogen (secondary N) is 1. The number of anilines is 1. The zero-order valence-electron chi connectivity index (χ0n) is 18.0. The maximum atomic E-state index is 13.6. The SMILES string of the molecule is Cc1cccc(C)c1NC(=O)[C@@H]1c2cccc[n+]2CC(=O)N1Cc1ccc2c(c1)OCO2. The van der Waals surface area contributed by atoms with Gasteiger partial charge in [-0.25, -0.2) is 0 Å². The molecular weight excluding hydrogens is 406 g/mol. The number of ether oxygens (including phenoxy) is 2. The van der Waals surface area contributed by atoms with Gasteiger partial charge in [-0.3, -0.25) is 9.59 Å². The third-order valence-electron chi connectivity index (χ3n) is 5.96. The van der Waals surface area contributed by atoms with Crippen LogP contribution in [-0.4, -0.2) is 23.5 Å². The first-order chi connectivity index (χ1) is 15.5. The molecule has 162 valence electrons. The smallest absolute Gasteiger partial charge is 0.289 e. The maximum absolute atomic E-state index is 13.6. The van der Waals surface area contributed by atoms with Gasteiger partial charge in [0, 0.05) is 24.4 Å². The summed E-state index contributed by atoms with van der Waals surface area (Å²) in [5.74, 6) is 0.978. The number of pyridine rings is 1. The Labute approximate surface area is 186 Å². The molecule has 1 N–H and O–H groups in total. The number of carbonyl (C=O) groups excluding carboxylic acids is 2. The molecule has 0 aliphatic carbocycles. The Morgan fingerprint density at radius 3 is 2.66 bits per heavy atom. The number of carbonyl (C=O) groups is 2. The Kier molecular flexibility index (Phi) is 5.01. The van der Waals surface area contributed by atoms with E-state index in [1.807, 2.05) is 79.2 Å². The predicted octanol–water partition coefficient (Wildman–Crippen LogP) is 3.04. The fourth-order valence-corrected chi connectivity index (χ4v) is 4.32. The quantitative estimate of drug-likeness (QED) is 0.646. The van der Waals surface area contributed by atoms with Gasteiger partial charge in [0.1, 0.15) is 0 Å². The summed E-state index contributed by atoms with van der Waals surface area (Å²) in [5.41, 5.74) is 4.38. The summed E-state index contributed by atoms with van der Waals surface area (Å²) >= 11 is 0. The highest BCUT2D eigenvalue weighted by molar-refractivity contribution is 5.98. The number of rotatable bonds is 4. The van der Waals surface area contributed by atoms with E-state index >= 15 is 0 Å². The summed E-state index contributed by atoms with van der Waals surface area (Å²) in [4.78, 5) is 28.4. The second-order valence-corrected chi connectivity index (χ2v) is 8.12. The standard InChI is InChI=1S/C25H23N3O4/c1-16-6-5-7-17(2)23(16)26-25(30)24-19-8-3-4-11-27(19)14-22(29)28(24)13-18-9-10-20-21(12-18)32-15-31-20/h3-12,24H,13-15H2,1-2H3/p+1/t24-/m0/s1. The van der Waals surface area contributed by atoms with Crippen LogP contribution in [0.25, 0.3) is 0 Å². The molecule has 2 aliphatic heterocycles. The van der Waals surface area contributed by atoms with Crippen molar-refractivity contribution in [2.75, 3.05) is 12.1 Å². The van der Waals surface area contributed by atoms with Gasteiger partial charge in [-0.05, 0) is 42.7 Å². The molecule has 32 heavy (non-hydrogen) atoms. The first-order valence-corrected chi connectivity index (χ1v) is 10.5. The van der Waals surface area contributed by atoms with Gasteiger partial charge in [-0.2, -0.15) is 4.57 Å². The summed E-state index contributed by atoms with van der Waals surface area (Å²) in [6.07, 6.45) is 1.84. The molecule has 0 saturated heterocycles. The first kappa shape index (κ1) is 20.1. The lowest BCUT2D eigenvalue weighted by Crippen LogP contribution is -2.58. The van der Waals surface area contributed by atoms with Crippen LogP contribution in [0.4, 0.5) is 5.69 Å². The Morgan fingerprint density at radius 2 is 1.84 bits per heavy atom. The normalized spacial score (nSPS) is 16.6. The number of aryl methyl sites for hydroxylation is 2. The number of hydrogen-bond acceptors (Lipinski definition) is 4. The van der Waals surface area contributed by atoms with Gasteiger partial charge in [-0.1, -0.05) is 30.3 Å². The van der Waals surface area contributed by atoms with Crippen LogP contribution in [0.5, 0.6) is 11.5 Å². The Morgan fingerprint density at radius 1 is 1.06 bits per heavy atom. The molecule has 0 radical (unpaired) electrons. The van der Waals surface area contributed by atoms with Crippen molar-refractivity contribution in [3.8, 4) is 11.5 Å². The van der Waals surface area contributed by atoms with Crippen LogP contribution >= 0.6 is 0 Å². The van der Waals surface area contributed by atoms with Crippen LogP contribution < -0.4 is 19.4 Å². The highest BCUT2D eigenvalue weighted by Gasteiger charge is 2.43. The highest BCUT2D eigenvalue weighted by Crippen LogP contribution is 2.34. The third-order valence-corrected chi connectivity index (χ3v) is 5.96. The zero-order valence-corrected chi connectivity index (χ0v) is 18.0. The van der Waals surface area contributed by atoms with E-state index < -0.39 is 6.04 Å². The number of fused-ring (bicyclic) bond motifs is 2. The van der Waals surface area contributed by atoms with Gasteiger partial charge in [0.05, 0.1) is 0 Å². The second kappa shape index (κ2) is 8.00. The minimum atomic E-state index is -0.762. The van der Waals surface area contributed by atoms with Crippen molar-refractivity contribution in [1.29, 1.82) is 0 Å². The third kappa shape index (κ3) is 3.56. The minimum absolute atomic E-state index is 0.118. The van der Waals surface area contributed by atoms with E-state index in [1.165, 1.54) is 0 Å². The number of amides is 2. The molecule has 3 heterocycles. The largest absolute Gasteiger partial charge is 0.454 e. The van der Waals surface area contributed by atoms with E-state index in [0.29, 0.717) is 11.5 Å². The topological polar surface area (TPSA) is 71.8 Å². The van der Waals surface area contributed by atoms with Crippen molar-refractivity contribution in [3.63, 3.8) is 0 Å². The van der Waals surface area contributed by atoms with Gasteiger partial charge < -0.3 is 19.7 Å². The predicted molar refractivity (Wildman–Crippen MR) is 117 cm³/mol. The summed E-state index contributed by atoms with van der Waals surface area (Å²) in [5, 5.41) is 3.08. The van der Waals surface area contributed by atoms with Gasteiger partial charge in [0.2, 0.25) is 19.0 Å². The lowest BCUT2D eigenvalue weighted by Gasteiger charge is -2.32. The molecule has 0 bridgehead atoms. The maximum Gasteiger partial charge on any atom is 0.289 e. The molecular formula is C25H24N3O4+. The molecule has 7 nitrogen and oxygen atoms in total. The van der Waals surface area contributed by atoms with Crippen LogP contribution in [0, 0.1) is 13.8 Å². The number of hydrogen-bond donors (Lipinski definition) is 1. The van der Waals surface area contributed by atoms with E-state index in [4.69, 9.17) is 9.47 Å².